The van der Waals surface area contributed by atoms with Crippen molar-refractivity contribution in [2.45, 2.75) is 13.5 Å². The Balaban J connectivity index is 1.02. The summed E-state index contributed by atoms with van der Waals surface area (Å²) in [5, 5.41) is 4.68. The Morgan fingerprint density at radius 2 is 1.11 bits per heavy atom. The first-order valence-electron chi connectivity index (χ1n) is 19.1. The summed E-state index contributed by atoms with van der Waals surface area (Å²) < 4.78 is 22.0. The molecule has 0 atom stereocenters. The van der Waals surface area contributed by atoms with Gasteiger partial charge >= 0.3 is 0 Å². The molecule has 10 aromatic rings. The van der Waals surface area contributed by atoms with E-state index in [9.17, 15) is 0 Å². The molecule has 0 amide bonds. The average molecular weight is 724 g/mol. The first kappa shape index (κ1) is 31.0. The number of para-hydroxylation sites is 6. The molecule has 0 saturated carbocycles. The van der Waals surface area contributed by atoms with Gasteiger partial charge in [-0.3, -0.25) is 4.90 Å². The van der Waals surface area contributed by atoms with Crippen molar-refractivity contribution in [2.75, 3.05) is 9.80 Å². The predicted molar refractivity (Wildman–Crippen MR) is 227 cm³/mol. The highest BCUT2D eigenvalue weighted by atomic mass is 16.5. The summed E-state index contributed by atoms with van der Waals surface area (Å²) >= 11 is 0. The highest BCUT2D eigenvalue weighted by molar-refractivity contribution is 6.14. The van der Waals surface area contributed by atoms with Crippen molar-refractivity contribution >= 4 is 77.9 Å². The number of furan rings is 1. The van der Waals surface area contributed by atoms with E-state index in [1.165, 1.54) is 21.8 Å². The second-order valence-electron chi connectivity index (χ2n) is 14.4. The zero-order valence-corrected chi connectivity index (χ0v) is 30.4. The third-order valence-corrected chi connectivity index (χ3v) is 11.3. The smallest absolute Gasteiger partial charge is 0.156 e. The molecule has 0 radical (unpaired) electrons. The van der Waals surface area contributed by atoms with Crippen molar-refractivity contribution in [3.63, 3.8) is 0 Å². The van der Waals surface area contributed by atoms with Crippen LogP contribution in [0.3, 0.4) is 0 Å². The quantitative estimate of drug-likeness (QED) is 0.177. The molecule has 6 nitrogen and oxygen atoms in total. The fourth-order valence-corrected chi connectivity index (χ4v) is 8.88. The maximum absolute atomic E-state index is 6.58. The molecule has 0 bridgehead atoms. The zero-order chi connectivity index (χ0) is 36.9. The Kier molecular flexibility index (Phi) is 6.51. The van der Waals surface area contributed by atoms with Crippen molar-refractivity contribution in [1.29, 1.82) is 0 Å². The molecule has 8 aromatic carbocycles. The third kappa shape index (κ3) is 4.44. The second-order valence-corrected chi connectivity index (χ2v) is 14.4. The number of fused-ring (bicyclic) bond motifs is 10. The first-order chi connectivity index (χ1) is 27.7. The number of hydrogen-bond acceptors (Lipinski definition) is 5. The number of ether oxygens (including phenoxy) is 2. The van der Waals surface area contributed by atoms with Crippen molar-refractivity contribution in [3.8, 4) is 34.1 Å². The van der Waals surface area contributed by atoms with Crippen molar-refractivity contribution in [2.24, 2.45) is 0 Å². The van der Waals surface area contributed by atoms with Crippen LogP contribution in [0.5, 0.6) is 23.0 Å². The molecule has 0 aliphatic carbocycles. The number of aryl methyl sites for hydroxylation is 1. The topological polar surface area (TPSA) is 43.0 Å². The van der Waals surface area contributed by atoms with Crippen LogP contribution in [0.25, 0.3) is 54.9 Å². The lowest BCUT2D eigenvalue weighted by Crippen LogP contribution is -2.20. The van der Waals surface area contributed by atoms with Gasteiger partial charge in [0.15, 0.2) is 23.0 Å². The molecule has 0 fully saturated rings. The minimum atomic E-state index is 0.759. The van der Waals surface area contributed by atoms with Gasteiger partial charge in [0.05, 0.1) is 28.0 Å². The fraction of sp³-hybridized carbons (Fsp3) is 0.0400. The predicted octanol–water partition coefficient (Wildman–Crippen LogP) is 14.5. The lowest BCUT2D eigenvalue weighted by atomic mass is 10.00. The molecule has 0 unspecified atom stereocenters. The van der Waals surface area contributed by atoms with Gasteiger partial charge in [-0.15, -0.1) is 0 Å². The number of hydrogen-bond donors (Lipinski definition) is 0. The van der Waals surface area contributed by atoms with Crippen LogP contribution in [0, 0.1) is 0 Å². The van der Waals surface area contributed by atoms with Crippen molar-refractivity contribution < 1.29 is 13.9 Å². The Hall–Kier alpha value is -7.44. The van der Waals surface area contributed by atoms with Crippen LogP contribution < -0.4 is 19.3 Å². The average Bonchev–Trinajstić information content (AvgIpc) is 3.79. The van der Waals surface area contributed by atoms with E-state index >= 15 is 0 Å². The van der Waals surface area contributed by atoms with Crippen LogP contribution in [0.15, 0.2) is 174 Å². The third-order valence-electron chi connectivity index (χ3n) is 11.3. The molecule has 2 aliphatic heterocycles. The first-order valence-corrected chi connectivity index (χ1v) is 19.1. The molecule has 0 spiro atoms. The molecule has 4 heterocycles. The van der Waals surface area contributed by atoms with Gasteiger partial charge in [-0.25, -0.2) is 0 Å². The Morgan fingerprint density at radius 3 is 1.86 bits per heavy atom. The molecular formula is C50H33N3O3. The largest absolute Gasteiger partial charge is 0.456 e. The van der Waals surface area contributed by atoms with E-state index in [-0.39, 0.29) is 0 Å². The molecule has 0 N–H and O–H groups in total. The van der Waals surface area contributed by atoms with Gasteiger partial charge in [-0.2, -0.15) is 0 Å². The maximum Gasteiger partial charge on any atom is 0.156 e. The van der Waals surface area contributed by atoms with Gasteiger partial charge in [0, 0.05) is 39.6 Å². The lowest BCUT2D eigenvalue weighted by Gasteiger charge is -2.38. The summed E-state index contributed by atoms with van der Waals surface area (Å²) in [6.07, 6.45) is 0. The Bertz CT molecular complexity index is 3140. The van der Waals surface area contributed by atoms with E-state index in [0.29, 0.717) is 0 Å². The van der Waals surface area contributed by atoms with Crippen LogP contribution >= 0.6 is 0 Å². The van der Waals surface area contributed by atoms with Crippen LogP contribution in [0.1, 0.15) is 6.92 Å². The lowest BCUT2D eigenvalue weighted by molar-refractivity contribution is 0.446. The number of benzene rings is 8. The Labute approximate surface area is 322 Å². The monoisotopic (exact) mass is 723 g/mol. The number of aromatic nitrogens is 1. The van der Waals surface area contributed by atoms with Gasteiger partial charge in [0.2, 0.25) is 0 Å². The molecule has 12 rings (SSSR count). The fourth-order valence-electron chi connectivity index (χ4n) is 8.88. The Morgan fingerprint density at radius 1 is 0.482 bits per heavy atom. The number of rotatable bonds is 5. The van der Waals surface area contributed by atoms with E-state index < -0.39 is 0 Å². The minimum absolute atomic E-state index is 0.759. The van der Waals surface area contributed by atoms with Crippen molar-refractivity contribution in [1.82, 2.24) is 4.57 Å². The van der Waals surface area contributed by atoms with Gasteiger partial charge < -0.3 is 23.4 Å². The number of anilines is 6. The highest BCUT2D eigenvalue weighted by Crippen LogP contribution is 2.60. The summed E-state index contributed by atoms with van der Waals surface area (Å²) in [6, 6.07) is 59.5. The van der Waals surface area contributed by atoms with E-state index in [1.54, 1.807) is 0 Å². The molecule has 6 heteroatoms. The highest BCUT2D eigenvalue weighted by Gasteiger charge is 2.35. The SMILES string of the molecule is CCn1c2ccccc2c2ccc(N(c3ccc(-c4cc5c6c(c4)Oc4ccccc4N6c4ccccc4O5)cc3)c3cccc4oc5ccccc5c34)cc21. The van der Waals surface area contributed by atoms with Crippen molar-refractivity contribution in [3.05, 3.63) is 170 Å². The molecular weight excluding hydrogens is 691 g/mol. The summed E-state index contributed by atoms with van der Waals surface area (Å²) in [5.74, 6) is 3.14. The van der Waals surface area contributed by atoms with Gasteiger partial charge in [-0.05, 0) is 103 Å². The van der Waals surface area contributed by atoms with Crippen LogP contribution in [0.2, 0.25) is 0 Å². The summed E-state index contributed by atoms with van der Waals surface area (Å²) in [5.41, 5.74) is 12.3. The molecule has 0 saturated heterocycles. The van der Waals surface area contributed by atoms with Crippen LogP contribution in [0.4, 0.5) is 34.1 Å². The van der Waals surface area contributed by atoms with Crippen LogP contribution in [-0.4, -0.2) is 4.57 Å². The molecule has 2 aromatic heterocycles. The summed E-state index contributed by atoms with van der Waals surface area (Å²) in [6.45, 7) is 3.09. The molecule has 56 heavy (non-hydrogen) atoms. The molecule has 266 valence electrons. The maximum atomic E-state index is 6.58. The van der Waals surface area contributed by atoms with Gasteiger partial charge in [0.25, 0.3) is 0 Å². The van der Waals surface area contributed by atoms with E-state index in [0.717, 1.165) is 96.7 Å². The van der Waals surface area contributed by atoms with E-state index in [4.69, 9.17) is 13.9 Å². The zero-order valence-electron chi connectivity index (χ0n) is 30.4. The molecule has 2 aliphatic rings. The van der Waals surface area contributed by atoms with Gasteiger partial charge in [0.1, 0.15) is 16.9 Å². The van der Waals surface area contributed by atoms with Gasteiger partial charge in [-0.1, -0.05) is 84.9 Å². The van der Waals surface area contributed by atoms with E-state index in [2.05, 4.69) is 143 Å². The second kappa shape index (κ2) is 11.8. The summed E-state index contributed by atoms with van der Waals surface area (Å²) in [4.78, 5) is 4.61. The minimum Gasteiger partial charge on any atom is -0.456 e. The summed E-state index contributed by atoms with van der Waals surface area (Å²) in [7, 11) is 0. The van der Waals surface area contributed by atoms with E-state index in [1.807, 2.05) is 48.5 Å². The normalized spacial score (nSPS) is 12.7. The standard InChI is InChI=1S/C50H33N3O3/c1-2-51-38-14-5-3-12-35(38)36-27-26-34(30-42(36)51)52(41-17-11-21-46-49(41)37-13-4-8-18-43(37)54-46)33-24-22-31(23-25-33)32-28-47-50-48(29-32)56-45-20-10-7-16-40(45)53(50)39-15-6-9-19-44(39)55-47/h3-30H,2H2,1H3. The van der Waals surface area contributed by atoms with Crippen LogP contribution in [-0.2, 0) is 6.54 Å². The number of nitrogens with zero attached hydrogens (tertiary/aromatic N) is 3.